The van der Waals surface area contributed by atoms with Crippen molar-refractivity contribution in [3.05, 3.63) is 67.8 Å². The van der Waals surface area contributed by atoms with Crippen LogP contribution < -0.4 is 9.47 Å². The van der Waals surface area contributed by atoms with E-state index in [1.807, 2.05) is 0 Å². The van der Waals surface area contributed by atoms with E-state index in [9.17, 15) is 14.9 Å². The number of halogens is 1. The van der Waals surface area contributed by atoms with Gasteiger partial charge in [-0.25, -0.2) is 9.79 Å². The van der Waals surface area contributed by atoms with Crippen LogP contribution in [0.25, 0.3) is 6.08 Å². The first kappa shape index (κ1) is 18.6. The average Bonchev–Trinajstić information content (AvgIpc) is 3.01. The molecule has 8 nitrogen and oxygen atoms in total. The van der Waals surface area contributed by atoms with Crippen molar-refractivity contribution in [3.63, 3.8) is 0 Å². The average molecular weight is 433 g/mol. The molecule has 27 heavy (non-hydrogen) atoms. The first-order valence-electron chi connectivity index (χ1n) is 7.62. The van der Waals surface area contributed by atoms with Crippen LogP contribution in [-0.4, -0.2) is 31.0 Å². The third-order valence-corrected chi connectivity index (χ3v) is 4.29. The summed E-state index contributed by atoms with van der Waals surface area (Å²) in [6.07, 6.45) is 1.55. The lowest BCUT2D eigenvalue weighted by Crippen LogP contribution is -2.05. The number of nitro benzene ring substituents is 1. The zero-order chi connectivity index (χ0) is 19.6. The third-order valence-electron chi connectivity index (χ3n) is 3.70. The second-order valence-corrected chi connectivity index (χ2v) is 6.23. The monoisotopic (exact) mass is 432 g/mol. The molecule has 1 aliphatic rings. The molecular formula is C18H13BrN2O6. The lowest BCUT2D eigenvalue weighted by atomic mass is 10.1. The van der Waals surface area contributed by atoms with Crippen molar-refractivity contribution >= 4 is 39.6 Å². The van der Waals surface area contributed by atoms with Gasteiger partial charge in [-0.1, -0.05) is 0 Å². The summed E-state index contributed by atoms with van der Waals surface area (Å²) in [6, 6.07) is 9.03. The number of esters is 1. The van der Waals surface area contributed by atoms with Gasteiger partial charge in [0.1, 0.15) is 0 Å². The van der Waals surface area contributed by atoms with Gasteiger partial charge in [-0.15, -0.1) is 0 Å². The van der Waals surface area contributed by atoms with Crippen molar-refractivity contribution in [2.24, 2.45) is 4.99 Å². The number of hydrogen-bond acceptors (Lipinski definition) is 7. The van der Waals surface area contributed by atoms with Gasteiger partial charge in [0.05, 0.1) is 23.6 Å². The highest BCUT2D eigenvalue weighted by Crippen LogP contribution is 2.37. The number of aliphatic imine (C=N–C) groups is 1. The fourth-order valence-electron chi connectivity index (χ4n) is 2.44. The van der Waals surface area contributed by atoms with Crippen LogP contribution in [0, 0.1) is 10.1 Å². The Morgan fingerprint density at radius 1 is 1.19 bits per heavy atom. The van der Waals surface area contributed by atoms with E-state index >= 15 is 0 Å². The van der Waals surface area contributed by atoms with E-state index in [-0.39, 0.29) is 17.3 Å². The summed E-state index contributed by atoms with van der Waals surface area (Å²) < 4.78 is 16.4. The number of carbonyl (C=O) groups is 1. The zero-order valence-electron chi connectivity index (χ0n) is 14.3. The van der Waals surface area contributed by atoms with Gasteiger partial charge in [0.15, 0.2) is 17.2 Å². The summed E-state index contributed by atoms with van der Waals surface area (Å²) >= 11 is 3.39. The Balaban J connectivity index is 1.94. The Bertz CT molecular complexity index is 982. The molecule has 2 aromatic carbocycles. The highest BCUT2D eigenvalue weighted by Gasteiger charge is 2.25. The van der Waals surface area contributed by atoms with Gasteiger partial charge < -0.3 is 14.2 Å². The minimum atomic E-state index is -0.616. The molecular weight excluding hydrogens is 420 g/mol. The maximum atomic E-state index is 12.1. The smallest absolute Gasteiger partial charge is 0.363 e. The van der Waals surface area contributed by atoms with E-state index in [1.165, 1.54) is 38.5 Å². The SMILES string of the molecule is COc1cc(/C=C2\N=C(c3ccc([N+](=O)[O-])cc3)OC2=O)cc(Br)c1OC. The Morgan fingerprint density at radius 3 is 2.48 bits per heavy atom. The number of cyclic esters (lactones) is 1. The van der Waals surface area contributed by atoms with E-state index in [1.54, 1.807) is 18.2 Å². The molecule has 0 atom stereocenters. The van der Waals surface area contributed by atoms with Crippen molar-refractivity contribution in [3.8, 4) is 11.5 Å². The van der Waals surface area contributed by atoms with Crippen molar-refractivity contribution in [1.82, 2.24) is 0 Å². The topological polar surface area (TPSA) is 100 Å². The minimum absolute atomic E-state index is 0.0605. The summed E-state index contributed by atoms with van der Waals surface area (Å²) in [7, 11) is 3.03. The summed E-state index contributed by atoms with van der Waals surface area (Å²) in [5.74, 6) is 0.489. The lowest BCUT2D eigenvalue weighted by Gasteiger charge is -2.10. The second kappa shape index (κ2) is 7.58. The largest absolute Gasteiger partial charge is 0.493 e. The molecule has 0 amide bonds. The number of ether oxygens (including phenoxy) is 3. The van der Waals surface area contributed by atoms with Crippen LogP contribution in [0.3, 0.4) is 0 Å². The van der Waals surface area contributed by atoms with Crippen LogP contribution in [0.15, 0.2) is 51.6 Å². The molecule has 2 aromatic rings. The van der Waals surface area contributed by atoms with E-state index in [2.05, 4.69) is 20.9 Å². The maximum absolute atomic E-state index is 12.1. The molecule has 0 unspecified atom stereocenters. The fourth-order valence-corrected chi connectivity index (χ4v) is 3.06. The van der Waals surface area contributed by atoms with E-state index in [0.29, 0.717) is 27.1 Å². The normalized spacial score (nSPS) is 14.7. The molecule has 0 spiro atoms. The van der Waals surface area contributed by atoms with Gasteiger partial charge in [-0.3, -0.25) is 10.1 Å². The molecule has 0 aliphatic carbocycles. The molecule has 1 aliphatic heterocycles. The summed E-state index contributed by atoms with van der Waals surface area (Å²) in [5, 5.41) is 10.7. The molecule has 0 bridgehead atoms. The Morgan fingerprint density at radius 2 is 1.89 bits per heavy atom. The van der Waals surface area contributed by atoms with Crippen LogP contribution in [0.5, 0.6) is 11.5 Å². The Hall–Kier alpha value is -3.20. The number of nitrogens with zero attached hydrogens (tertiary/aromatic N) is 2. The van der Waals surface area contributed by atoms with Crippen molar-refractivity contribution in [1.29, 1.82) is 0 Å². The van der Waals surface area contributed by atoms with Crippen LogP contribution in [-0.2, 0) is 9.53 Å². The van der Waals surface area contributed by atoms with Crippen LogP contribution >= 0.6 is 15.9 Å². The quantitative estimate of drug-likeness (QED) is 0.309. The number of nitro groups is 1. The third kappa shape index (κ3) is 3.82. The summed E-state index contributed by atoms with van der Waals surface area (Å²) in [5.41, 5.74) is 1.16. The van der Waals surface area contributed by atoms with Crippen LogP contribution in [0.2, 0.25) is 0 Å². The standard InChI is InChI=1S/C18H13BrN2O6/c1-25-15-9-10(7-13(19)16(15)26-2)8-14-18(22)27-17(20-14)11-3-5-12(6-4-11)21(23)24/h3-9H,1-2H3/b14-8-. The van der Waals surface area contributed by atoms with Gasteiger partial charge in [0, 0.05) is 17.7 Å². The number of hydrogen-bond donors (Lipinski definition) is 0. The van der Waals surface area contributed by atoms with Crippen molar-refractivity contribution in [2.75, 3.05) is 14.2 Å². The molecule has 3 rings (SSSR count). The lowest BCUT2D eigenvalue weighted by molar-refractivity contribution is -0.384. The minimum Gasteiger partial charge on any atom is -0.493 e. The Kier molecular flexibility index (Phi) is 5.22. The summed E-state index contributed by atoms with van der Waals surface area (Å²) in [4.78, 5) is 26.5. The number of methoxy groups -OCH3 is 2. The van der Waals surface area contributed by atoms with Crippen molar-refractivity contribution in [2.45, 2.75) is 0 Å². The first-order valence-corrected chi connectivity index (χ1v) is 8.41. The number of carbonyl (C=O) groups excluding carboxylic acids is 1. The molecule has 0 saturated carbocycles. The molecule has 138 valence electrons. The predicted octanol–water partition coefficient (Wildman–Crippen LogP) is 3.72. The fraction of sp³-hybridized carbons (Fsp3) is 0.111. The number of benzene rings is 2. The zero-order valence-corrected chi connectivity index (χ0v) is 15.8. The molecule has 0 N–H and O–H groups in total. The first-order chi connectivity index (χ1) is 12.9. The van der Waals surface area contributed by atoms with E-state index in [0.717, 1.165) is 0 Å². The Labute approximate surface area is 162 Å². The molecule has 9 heteroatoms. The summed E-state index contributed by atoms with van der Waals surface area (Å²) in [6.45, 7) is 0. The molecule has 0 fully saturated rings. The van der Waals surface area contributed by atoms with E-state index < -0.39 is 10.9 Å². The molecule has 1 heterocycles. The predicted molar refractivity (Wildman–Crippen MR) is 101 cm³/mol. The molecule has 0 radical (unpaired) electrons. The second-order valence-electron chi connectivity index (χ2n) is 5.38. The van der Waals surface area contributed by atoms with E-state index in [4.69, 9.17) is 14.2 Å². The van der Waals surface area contributed by atoms with Gasteiger partial charge in [-0.2, -0.15) is 0 Å². The van der Waals surface area contributed by atoms with Crippen LogP contribution in [0.4, 0.5) is 5.69 Å². The van der Waals surface area contributed by atoms with Gasteiger partial charge in [0.25, 0.3) is 5.69 Å². The van der Waals surface area contributed by atoms with Gasteiger partial charge in [-0.05, 0) is 51.8 Å². The van der Waals surface area contributed by atoms with Gasteiger partial charge >= 0.3 is 5.97 Å². The van der Waals surface area contributed by atoms with Gasteiger partial charge in [0.2, 0.25) is 5.90 Å². The highest BCUT2D eigenvalue weighted by atomic mass is 79.9. The maximum Gasteiger partial charge on any atom is 0.363 e. The number of rotatable bonds is 5. The molecule has 0 saturated heterocycles. The molecule has 0 aromatic heterocycles. The highest BCUT2D eigenvalue weighted by molar-refractivity contribution is 9.10. The van der Waals surface area contributed by atoms with Crippen LogP contribution in [0.1, 0.15) is 11.1 Å². The number of non-ortho nitro benzene ring substituents is 1. The van der Waals surface area contributed by atoms with Crippen molar-refractivity contribution < 1.29 is 23.9 Å².